The van der Waals surface area contributed by atoms with Crippen molar-refractivity contribution in [2.45, 2.75) is 12.1 Å². The first-order chi connectivity index (χ1) is 15.0. The van der Waals surface area contributed by atoms with Crippen LogP contribution < -0.4 is 15.6 Å². The van der Waals surface area contributed by atoms with Gasteiger partial charge in [0.05, 0.1) is 16.7 Å². The van der Waals surface area contributed by atoms with Crippen LogP contribution in [-0.2, 0) is 11.8 Å². The summed E-state index contributed by atoms with van der Waals surface area (Å²) in [5.41, 5.74) is 2.29. The Morgan fingerprint density at radius 2 is 1.81 bits per heavy atom. The Morgan fingerprint density at radius 1 is 1.03 bits per heavy atom. The van der Waals surface area contributed by atoms with E-state index in [9.17, 15) is 9.59 Å². The zero-order valence-electron chi connectivity index (χ0n) is 17.2. The first-order valence-corrected chi connectivity index (χ1v) is 10.7. The van der Waals surface area contributed by atoms with Crippen LogP contribution >= 0.6 is 11.8 Å². The summed E-state index contributed by atoms with van der Waals surface area (Å²) < 4.78 is 7.30. The van der Waals surface area contributed by atoms with Gasteiger partial charge in [0.1, 0.15) is 11.5 Å². The number of fused-ring (bicyclic) bond motifs is 1. The Labute approximate surface area is 183 Å². The smallest absolute Gasteiger partial charge is 0.261 e. The molecule has 0 aliphatic heterocycles. The SMILES string of the molecule is Cc1cccc(Oc2ccc(NC(=O)CSc3nc4ccccc4c(=O)n3C)cc2)c1. The third kappa shape index (κ3) is 4.95. The number of benzene rings is 3. The molecule has 0 saturated carbocycles. The van der Waals surface area contributed by atoms with Gasteiger partial charge in [-0.05, 0) is 61.0 Å². The molecule has 0 bridgehead atoms. The molecular weight excluding hydrogens is 410 g/mol. The molecule has 0 unspecified atom stereocenters. The summed E-state index contributed by atoms with van der Waals surface area (Å²) in [6.07, 6.45) is 0. The van der Waals surface area contributed by atoms with E-state index in [0.29, 0.717) is 27.5 Å². The number of carbonyl (C=O) groups excluding carboxylic acids is 1. The van der Waals surface area contributed by atoms with Crippen molar-refractivity contribution in [2.75, 3.05) is 11.1 Å². The number of hydrogen-bond donors (Lipinski definition) is 1. The molecule has 156 valence electrons. The van der Waals surface area contributed by atoms with Crippen molar-refractivity contribution in [3.05, 3.63) is 88.7 Å². The van der Waals surface area contributed by atoms with Gasteiger partial charge in [-0.3, -0.25) is 14.2 Å². The fourth-order valence-corrected chi connectivity index (χ4v) is 3.85. The summed E-state index contributed by atoms with van der Waals surface area (Å²) >= 11 is 1.22. The minimum atomic E-state index is -0.181. The van der Waals surface area contributed by atoms with Crippen molar-refractivity contribution in [3.8, 4) is 11.5 Å². The molecule has 0 fully saturated rings. The van der Waals surface area contributed by atoms with E-state index in [-0.39, 0.29) is 17.2 Å². The highest BCUT2D eigenvalue weighted by Crippen LogP contribution is 2.24. The van der Waals surface area contributed by atoms with Crippen molar-refractivity contribution in [1.82, 2.24) is 9.55 Å². The number of aryl methyl sites for hydroxylation is 1. The second-order valence-corrected chi connectivity index (χ2v) is 8.00. The monoisotopic (exact) mass is 431 g/mol. The molecule has 0 aliphatic carbocycles. The number of ether oxygens (including phenoxy) is 1. The Hall–Kier alpha value is -3.58. The van der Waals surface area contributed by atoms with E-state index in [4.69, 9.17) is 4.74 Å². The number of hydrogen-bond acceptors (Lipinski definition) is 5. The molecule has 3 aromatic carbocycles. The van der Waals surface area contributed by atoms with Gasteiger partial charge in [-0.15, -0.1) is 0 Å². The van der Waals surface area contributed by atoms with Gasteiger partial charge in [-0.25, -0.2) is 4.98 Å². The summed E-state index contributed by atoms with van der Waals surface area (Å²) in [6.45, 7) is 2.01. The van der Waals surface area contributed by atoms with Gasteiger partial charge in [0.25, 0.3) is 5.56 Å². The van der Waals surface area contributed by atoms with Crippen LogP contribution in [-0.4, -0.2) is 21.2 Å². The first-order valence-electron chi connectivity index (χ1n) is 9.72. The van der Waals surface area contributed by atoms with Crippen molar-refractivity contribution in [3.63, 3.8) is 0 Å². The van der Waals surface area contributed by atoms with Crippen LogP contribution in [0.15, 0.2) is 82.7 Å². The summed E-state index contributed by atoms with van der Waals surface area (Å²) in [7, 11) is 1.66. The molecule has 6 nitrogen and oxygen atoms in total. The second kappa shape index (κ2) is 9.06. The molecule has 1 amide bonds. The number of anilines is 1. The van der Waals surface area contributed by atoms with E-state index < -0.39 is 0 Å². The van der Waals surface area contributed by atoms with Gasteiger partial charge in [-0.2, -0.15) is 0 Å². The summed E-state index contributed by atoms with van der Waals surface area (Å²) in [4.78, 5) is 29.3. The number of rotatable bonds is 6. The third-order valence-electron chi connectivity index (χ3n) is 4.64. The highest BCUT2D eigenvalue weighted by atomic mass is 32.2. The highest BCUT2D eigenvalue weighted by molar-refractivity contribution is 7.99. The van der Waals surface area contributed by atoms with E-state index in [1.165, 1.54) is 16.3 Å². The van der Waals surface area contributed by atoms with E-state index in [1.54, 1.807) is 43.4 Å². The summed E-state index contributed by atoms with van der Waals surface area (Å²) in [6, 6.07) is 22.2. The number of amides is 1. The van der Waals surface area contributed by atoms with E-state index >= 15 is 0 Å². The molecule has 31 heavy (non-hydrogen) atoms. The number of nitrogens with zero attached hydrogens (tertiary/aromatic N) is 2. The van der Waals surface area contributed by atoms with Crippen LogP contribution in [0.1, 0.15) is 5.56 Å². The highest BCUT2D eigenvalue weighted by Gasteiger charge is 2.11. The molecule has 0 saturated heterocycles. The Balaban J connectivity index is 1.37. The van der Waals surface area contributed by atoms with Crippen LogP contribution in [0, 0.1) is 6.92 Å². The standard InChI is InChI=1S/C24H21N3O3S/c1-16-6-5-7-19(14-16)30-18-12-10-17(11-13-18)25-22(28)15-31-24-26-21-9-4-3-8-20(21)23(29)27(24)2/h3-14H,15H2,1-2H3,(H,25,28). The van der Waals surface area contributed by atoms with Gasteiger partial charge in [0.2, 0.25) is 5.91 Å². The largest absolute Gasteiger partial charge is 0.457 e. The van der Waals surface area contributed by atoms with Crippen LogP contribution in [0.2, 0.25) is 0 Å². The molecule has 4 aromatic rings. The van der Waals surface area contributed by atoms with Gasteiger partial charge < -0.3 is 10.1 Å². The number of para-hydroxylation sites is 1. The lowest BCUT2D eigenvalue weighted by Crippen LogP contribution is -2.21. The van der Waals surface area contributed by atoms with Gasteiger partial charge >= 0.3 is 0 Å². The molecule has 1 N–H and O–H groups in total. The molecule has 4 rings (SSSR count). The first kappa shape index (κ1) is 20.7. The number of nitrogens with one attached hydrogen (secondary N) is 1. The molecule has 0 aliphatic rings. The van der Waals surface area contributed by atoms with Crippen molar-refractivity contribution >= 4 is 34.3 Å². The number of thioether (sulfide) groups is 1. The summed E-state index contributed by atoms with van der Waals surface area (Å²) in [5, 5.41) is 3.92. The summed E-state index contributed by atoms with van der Waals surface area (Å²) in [5.74, 6) is 1.41. The number of aromatic nitrogens is 2. The maximum atomic E-state index is 12.5. The molecule has 0 spiro atoms. The maximum absolute atomic E-state index is 12.5. The fourth-order valence-electron chi connectivity index (χ4n) is 3.08. The minimum Gasteiger partial charge on any atom is -0.457 e. The molecule has 1 heterocycles. The Bertz CT molecular complexity index is 1300. The van der Waals surface area contributed by atoms with Crippen molar-refractivity contribution in [1.29, 1.82) is 0 Å². The zero-order chi connectivity index (χ0) is 21.8. The molecule has 0 atom stereocenters. The van der Waals surface area contributed by atoms with Crippen LogP contribution in [0.3, 0.4) is 0 Å². The van der Waals surface area contributed by atoms with E-state index in [0.717, 1.165) is 11.3 Å². The quantitative estimate of drug-likeness (QED) is 0.352. The Morgan fingerprint density at radius 3 is 2.58 bits per heavy atom. The average molecular weight is 432 g/mol. The van der Waals surface area contributed by atoms with Gasteiger partial charge in [0, 0.05) is 12.7 Å². The predicted molar refractivity (Wildman–Crippen MR) is 124 cm³/mol. The normalized spacial score (nSPS) is 10.8. The molecule has 0 radical (unpaired) electrons. The van der Waals surface area contributed by atoms with E-state index in [1.807, 2.05) is 43.3 Å². The van der Waals surface area contributed by atoms with Crippen LogP contribution in [0.5, 0.6) is 11.5 Å². The lowest BCUT2D eigenvalue weighted by molar-refractivity contribution is -0.113. The average Bonchev–Trinajstić information content (AvgIpc) is 2.77. The number of carbonyl (C=O) groups is 1. The van der Waals surface area contributed by atoms with Crippen LogP contribution in [0.25, 0.3) is 10.9 Å². The predicted octanol–water partition coefficient (Wildman–Crippen LogP) is 4.77. The fraction of sp³-hybridized carbons (Fsp3) is 0.125. The third-order valence-corrected chi connectivity index (χ3v) is 5.67. The molecule has 1 aromatic heterocycles. The zero-order valence-corrected chi connectivity index (χ0v) is 18.0. The molecule has 7 heteroatoms. The Kier molecular flexibility index (Phi) is 6.04. The van der Waals surface area contributed by atoms with Crippen molar-refractivity contribution < 1.29 is 9.53 Å². The molecular formula is C24H21N3O3S. The maximum Gasteiger partial charge on any atom is 0.261 e. The van der Waals surface area contributed by atoms with E-state index in [2.05, 4.69) is 10.3 Å². The minimum absolute atomic E-state index is 0.127. The second-order valence-electron chi connectivity index (χ2n) is 7.06. The lowest BCUT2D eigenvalue weighted by Gasteiger charge is -2.10. The van der Waals surface area contributed by atoms with Crippen molar-refractivity contribution in [2.24, 2.45) is 7.05 Å². The lowest BCUT2D eigenvalue weighted by atomic mass is 10.2. The van der Waals surface area contributed by atoms with Gasteiger partial charge in [-0.1, -0.05) is 36.0 Å². The topological polar surface area (TPSA) is 73.2 Å². The van der Waals surface area contributed by atoms with Crippen LogP contribution in [0.4, 0.5) is 5.69 Å². The van der Waals surface area contributed by atoms with Gasteiger partial charge in [0.15, 0.2) is 5.16 Å².